The summed E-state index contributed by atoms with van der Waals surface area (Å²) in [6.45, 7) is 7.18. The minimum atomic E-state index is -1.32. The Hall–Kier alpha value is -2.46. The predicted molar refractivity (Wildman–Crippen MR) is 150 cm³/mol. The van der Waals surface area contributed by atoms with Crippen molar-refractivity contribution in [3.8, 4) is 5.75 Å². The van der Waals surface area contributed by atoms with Crippen LogP contribution in [0.15, 0.2) is 41.3 Å². The van der Waals surface area contributed by atoms with Crippen molar-refractivity contribution in [3.63, 3.8) is 0 Å². The largest absolute Gasteiger partial charge is 0.497 e. The molecule has 0 aromatic heterocycles. The van der Waals surface area contributed by atoms with E-state index in [0.717, 1.165) is 40.4 Å². The first-order chi connectivity index (χ1) is 17.7. The van der Waals surface area contributed by atoms with Gasteiger partial charge in [0.1, 0.15) is 23.3 Å². The van der Waals surface area contributed by atoms with E-state index in [-0.39, 0.29) is 12.5 Å². The highest BCUT2D eigenvalue weighted by atomic mass is 32.2. The molecule has 8 nitrogen and oxygen atoms in total. The van der Waals surface area contributed by atoms with Gasteiger partial charge in [0.2, 0.25) is 5.91 Å². The Morgan fingerprint density at radius 2 is 1.70 bits per heavy atom. The first kappa shape index (κ1) is 29.1. The van der Waals surface area contributed by atoms with E-state index < -0.39 is 11.0 Å². The molecule has 1 fully saturated rings. The van der Waals surface area contributed by atoms with Gasteiger partial charge < -0.3 is 24.6 Å². The molecule has 1 heterocycles. The second-order valence-corrected chi connectivity index (χ2v) is 11.4. The Labute approximate surface area is 224 Å². The monoisotopic (exact) mass is 530 g/mol. The summed E-state index contributed by atoms with van der Waals surface area (Å²) < 4.78 is 25.6. The number of nitrogens with zero attached hydrogens (tertiary/aromatic N) is 3. The zero-order chi connectivity index (χ0) is 26.9. The minimum absolute atomic E-state index is 0.0278. The van der Waals surface area contributed by atoms with Crippen molar-refractivity contribution in [2.75, 3.05) is 66.0 Å². The predicted octanol–water partition coefficient (Wildman–Crippen LogP) is 3.13. The van der Waals surface area contributed by atoms with Crippen molar-refractivity contribution in [1.82, 2.24) is 14.5 Å². The van der Waals surface area contributed by atoms with Gasteiger partial charge in [0.05, 0.1) is 18.6 Å². The third-order valence-corrected chi connectivity index (χ3v) is 8.64. The molecule has 1 saturated heterocycles. The van der Waals surface area contributed by atoms with Gasteiger partial charge in [-0.05, 0) is 81.7 Å². The number of anilines is 1. The van der Waals surface area contributed by atoms with Gasteiger partial charge in [-0.25, -0.2) is 8.51 Å². The van der Waals surface area contributed by atoms with Crippen molar-refractivity contribution in [1.29, 1.82) is 0 Å². The van der Waals surface area contributed by atoms with Crippen LogP contribution in [0.4, 0.5) is 5.69 Å². The number of likely N-dealkylation sites (N-methyl/N-ethyl adjacent to an activating group) is 1. The fourth-order valence-electron chi connectivity index (χ4n) is 4.62. The van der Waals surface area contributed by atoms with Crippen LogP contribution in [0.25, 0.3) is 0 Å². The summed E-state index contributed by atoms with van der Waals surface area (Å²) >= 11 is 0. The smallest absolute Gasteiger partial charge is 0.246 e. The summed E-state index contributed by atoms with van der Waals surface area (Å²) in [5.41, 5.74) is 4.13. The lowest BCUT2D eigenvalue weighted by molar-refractivity contribution is -0.125. The molecular formula is C28H42N4O4S. The molecule has 3 rings (SSSR count). The average molecular weight is 531 g/mol. The van der Waals surface area contributed by atoms with E-state index in [2.05, 4.69) is 53.5 Å². The lowest BCUT2D eigenvalue weighted by atomic mass is 10.0. The molecule has 204 valence electrons. The number of piperidine rings is 1. The minimum Gasteiger partial charge on any atom is -0.497 e. The van der Waals surface area contributed by atoms with Crippen molar-refractivity contribution in [2.24, 2.45) is 0 Å². The molecule has 1 aliphatic rings. The molecule has 0 bridgehead atoms. The van der Waals surface area contributed by atoms with Gasteiger partial charge in [0, 0.05) is 45.0 Å². The second-order valence-electron chi connectivity index (χ2n) is 9.87. The van der Waals surface area contributed by atoms with Crippen LogP contribution in [0.3, 0.4) is 0 Å². The van der Waals surface area contributed by atoms with E-state index in [4.69, 9.17) is 9.47 Å². The van der Waals surface area contributed by atoms with Crippen LogP contribution in [-0.2, 0) is 27.1 Å². The van der Waals surface area contributed by atoms with Gasteiger partial charge in [0.25, 0.3) is 0 Å². The summed E-state index contributed by atoms with van der Waals surface area (Å²) in [4.78, 5) is 17.8. The number of methoxy groups -OCH3 is 1. The van der Waals surface area contributed by atoms with Crippen LogP contribution < -0.4 is 15.0 Å². The molecule has 2 aromatic carbocycles. The highest BCUT2D eigenvalue weighted by Crippen LogP contribution is 2.25. The maximum atomic E-state index is 13.0. The topological polar surface area (TPSA) is 74.3 Å². The number of aryl methyl sites for hydroxylation is 2. The molecular weight excluding hydrogens is 488 g/mol. The molecule has 0 saturated carbocycles. The van der Waals surface area contributed by atoms with Crippen LogP contribution in [0.1, 0.15) is 29.5 Å². The molecule has 1 aliphatic heterocycles. The molecule has 0 radical (unpaired) electrons. The number of benzene rings is 2. The lowest BCUT2D eigenvalue weighted by Crippen LogP contribution is -2.41. The second kappa shape index (κ2) is 13.9. The summed E-state index contributed by atoms with van der Waals surface area (Å²) in [5.74, 6) is 0.587. The highest BCUT2D eigenvalue weighted by Gasteiger charge is 2.21. The Morgan fingerprint density at radius 3 is 2.27 bits per heavy atom. The summed E-state index contributed by atoms with van der Waals surface area (Å²) in [6.07, 6.45) is 2.36. The number of hydrogen-bond acceptors (Lipinski definition) is 6. The van der Waals surface area contributed by atoms with Crippen molar-refractivity contribution in [3.05, 3.63) is 53.1 Å². The summed E-state index contributed by atoms with van der Waals surface area (Å²) in [6, 6.07) is 12.8. The number of carbonyl (C=O) groups excluding carboxylic acids is 1. The highest BCUT2D eigenvalue weighted by molar-refractivity contribution is 7.82. The summed E-state index contributed by atoms with van der Waals surface area (Å²) in [5, 5.41) is 2.91. The van der Waals surface area contributed by atoms with Crippen molar-refractivity contribution in [2.45, 2.75) is 44.2 Å². The van der Waals surface area contributed by atoms with Gasteiger partial charge in [-0.2, -0.15) is 0 Å². The molecule has 1 atom stereocenters. The van der Waals surface area contributed by atoms with E-state index in [1.54, 1.807) is 18.5 Å². The van der Waals surface area contributed by atoms with Crippen LogP contribution in [-0.4, -0.2) is 86.5 Å². The van der Waals surface area contributed by atoms with Crippen molar-refractivity contribution < 1.29 is 18.5 Å². The zero-order valence-corrected chi connectivity index (χ0v) is 23.9. The van der Waals surface area contributed by atoms with E-state index in [1.807, 2.05) is 26.0 Å². The number of rotatable bonds is 12. The Bertz CT molecular complexity index is 1030. The van der Waals surface area contributed by atoms with Gasteiger partial charge in [-0.1, -0.05) is 12.1 Å². The normalized spacial score (nSPS) is 15.3. The summed E-state index contributed by atoms with van der Waals surface area (Å²) in [7, 11) is 6.40. The third-order valence-electron chi connectivity index (χ3n) is 6.90. The van der Waals surface area contributed by atoms with Crippen LogP contribution in [0, 0.1) is 13.8 Å². The van der Waals surface area contributed by atoms with E-state index in [0.29, 0.717) is 25.7 Å². The van der Waals surface area contributed by atoms with E-state index in [9.17, 15) is 9.00 Å². The standard InChI is InChI=1S/C28H42N4O4S/c1-21-17-26(35-6)18-22(2)28(21)37(34)31(5)15-16-36-20-27(33)29-19-23-7-9-25(10-8-23)32-13-11-24(12-14-32)30(3)4/h7-10,17-18,24H,11-16,19-20H2,1-6H3,(H,29,33). The maximum Gasteiger partial charge on any atom is 0.246 e. The van der Waals surface area contributed by atoms with Crippen molar-refractivity contribution >= 4 is 22.6 Å². The van der Waals surface area contributed by atoms with Gasteiger partial charge in [-0.3, -0.25) is 4.79 Å². The number of ether oxygens (including phenoxy) is 2. The van der Waals surface area contributed by atoms with E-state index in [1.165, 1.54) is 18.5 Å². The molecule has 0 aliphatic carbocycles. The first-order valence-corrected chi connectivity index (χ1v) is 13.9. The fourth-order valence-corrected chi connectivity index (χ4v) is 5.84. The SMILES string of the molecule is COc1cc(C)c(S(=O)N(C)CCOCC(=O)NCc2ccc(N3CCC(N(C)C)CC3)cc2)c(C)c1. The fraction of sp³-hybridized carbons (Fsp3) is 0.536. The number of amides is 1. The molecule has 1 amide bonds. The van der Waals surface area contributed by atoms with Gasteiger partial charge in [0.15, 0.2) is 0 Å². The van der Waals surface area contributed by atoms with Gasteiger partial charge >= 0.3 is 0 Å². The van der Waals surface area contributed by atoms with Gasteiger partial charge in [-0.15, -0.1) is 0 Å². The maximum absolute atomic E-state index is 13.0. The molecule has 37 heavy (non-hydrogen) atoms. The zero-order valence-electron chi connectivity index (χ0n) is 23.1. The molecule has 1 N–H and O–H groups in total. The Balaban J connectivity index is 1.36. The molecule has 0 spiro atoms. The molecule has 1 unspecified atom stereocenters. The average Bonchev–Trinajstić information content (AvgIpc) is 2.89. The quantitative estimate of drug-likeness (QED) is 0.425. The molecule has 2 aromatic rings. The number of nitrogens with one attached hydrogen (secondary N) is 1. The Kier molecular flexibility index (Phi) is 10.9. The lowest BCUT2D eigenvalue weighted by Gasteiger charge is -2.36. The van der Waals surface area contributed by atoms with E-state index >= 15 is 0 Å². The van der Waals surface area contributed by atoms with Crippen LogP contribution in [0.5, 0.6) is 5.75 Å². The van der Waals surface area contributed by atoms with Crippen LogP contribution >= 0.6 is 0 Å². The first-order valence-electron chi connectivity index (χ1n) is 12.8. The third kappa shape index (κ3) is 8.26. The number of hydrogen-bond donors (Lipinski definition) is 1. The molecule has 9 heteroatoms. The number of carbonyl (C=O) groups is 1. The Morgan fingerprint density at radius 1 is 1.08 bits per heavy atom. The van der Waals surface area contributed by atoms with Crippen LogP contribution in [0.2, 0.25) is 0 Å².